The number of carbonyl (C=O) groups is 1. The Morgan fingerprint density at radius 3 is 2.25 bits per heavy atom. The van der Waals surface area contributed by atoms with E-state index in [1.54, 1.807) is 4.90 Å². The van der Waals surface area contributed by atoms with Gasteiger partial charge < -0.3 is 23.5 Å². The van der Waals surface area contributed by atoms with Crippen LogP contribution in [0.15, 0.2) is 4.52 Å². The van der Waals surface area contributed by atoms with E-state index in [-0.39, 0.29) is 12.6 Å². The Morgan fingerprint density at radius 2 is 1.75 bits per heavy atom. The van der Waals surface area contributed by atoms with Crippen LogP contribution < -0.4 is 5.46 Å². The zero-order valence-electron chi connectivity index (χ0n) is 18.8. The van der Waals surface area contributed by atoms with E-state index in [2.05, 4.69) is 12.1 Å². The molecule has 0 unspecified atom stereocenters. The van der Waals surface area contributed by atoms with Gasteiger partial charge in [0.1, 0.15) is 17.1 Å². The van der Waals surface area contributed by atoms with Crippen molar-refractivity contribution in [2.75, 3.05) is 6.54 Å². The summed E-state index contributed by atoms with van der Waals surface area (Å²) in [7, 11) is -0.585. The average molecular weight is 394 g/mol. The third-order valence-electron chi connectivity index (χ3n) is 5.25. The standard InChI is InChI=1S/C20H35BN2O5/c1-10-11-12-23(17(24)25-18(3,4)5)13-15-16(14(2)26-22-15)21-27-19(6,7)20(8,9)28-21/h10-13H2,1-9H3. The molecule has 0 atom stereocenters. The molecule has 1 fully saturated rings. The number of aryl methyl sites for hydroxylation is 1. The summed E-state index contributed by atoms with van der Waals surface area (Å²) in [5, 5.41) is 4.20. The third-order valence-corrected chi connectivity index (χ3v) is 5.25. The first-order valence-electron chi connectivity index (χ1n) is 10.1. The number of hydrogen-bond acceptors (Lipinski definition) is 6. The van der Waals surface area contributed by atoms with Gasteiger partial charge in [-0.25, -0.2) is 4.79 Å². The van der Waals surface area contributed by atoms with E-state index in [1.165, 1.54) is 0 Å². The maximum Gasteiger partial charge on any atom is 0.500 e. The number of ether oxygens (including phenoxy) is 1. The number of nitrogens with zero attached hydrogens (tertiary/aromatic N) is 2. The lowest BCUT2D eigenvalue weighted by atomic mass is 9.77. The molecule has 0 radical (unpaired) electrons. The summed E-state index contributed by atoms with van der Waals surface area (Å²) in [5.74, 6) is 0.633. The lowest BCUT2D eigenvalue weighted by molar-refractivity contribution is 0.00578. The maximum absolute atomic E-state index is 12.7. The third kappa shape index (κ3) is 5.09. The van der Waals surface area contributed by atoms with Crippen LogP contribution in [0.3, 0.4) is 0 Å². The second-order valence-corrected chi connectivity index (χ2v) is 9.44. The minimum atomic E-state index is -0.585. The molecule has 1 saturated heterocycles. The molecule has 2 heterocycles. The summed E-state index contributed by atoms with van der Waals surface area (Å²) < 4.78 is 23.4. The van der Waals surface area contributed by atoms with Crippen molar-refractivity contribution in [3.63, 3.8) is 0 Å². The van der Waals surface area contributed by atoms with Gasteiger partial charge in [-0.15, -0.1) is 0 Å². The lowest BCUT2D eigenvalue weighted by Gasteiger charge is -2.32. The second-order valence-electron chi connectivity index (χ2n) is 9.44. The van der Waals surface area contributed by atoms with Crippen LogP contribution >= 0.6 is 0 Å². The van der Waals surface area contributed by atoms with Crippen LogP contribution in [0.2, 0.25) is 0 Å². The van der Waals surface area contributed by atoms with Gasteiger partial charge in [0.2, 0.25) is 0 Å². The molecule has 1 aliphatic heterocycles. The van der Waals surface area contributed by atoms with Gasteiger partial charge in [-0.3, -0.25) is 0 Å². The van der Waals surface area contributed by atoms with Crippen LogP contribution in [-0.2, 0) is 20.6 Å². The van der Waals surface area contributed by atoms with Crippen LogP contribution in [0, 0.1) is 6.92 Å². The smallest absolute Gasteiger partial charge is 0.444 e. The molecule has 1 aliphatic rings. The fourth-order valence-electron chi connectivity index (χ4n) is 2.89. The number of carbonyl (C=O) groups excluding carboxylic acids is 1. The Hall–Kier alpha value is -1.54. The minimum Gasteiger partial charge on any atom is -0.444 e. The molecule has 2 rings (SSSR count). The molecule has 28 heavy (non-hydrogen) atoms. The van der Waals surface area contributed by atoms with E-state index in [4.69, 9.17) is 18.6 Å². The Bertz CT molecular complexity index is 677. The van der Waals surface area contributed by atoms with Crippen molar-refractivity contribution in [2.45, 2.75) is 98.5 Å². The average Bonchev–Trinajstić information content (AvgIpc) is 2.98. The predicted octanol–water partition coefficient (Wildman–Crippen LogP) is 3.82. The molecule has 158 valence electrons. The van der Waals surface area contributed by atoms with E-state index in [0.29, 0.717) is 18.0 Å². The number of aromatic nitrogens is 1. The number of amides is 1. The summed E-state index contributed by atoms with van der Waals surface area (Å²) in [6, 6.07) is 0. The van der Waals surface area contributed by atoms with Crippen LogP contribution in [0.4, 0.5) is 4.79 Å². The number of rotatable bonds is 6. The molecule has 1 aromatic heterocycles. The summed E-state index contributed by atoms with van der Waals surface area (Å²) in [5.41, 5.74) is -0.102. The molecule has 0 N–H and O–H groups in total. The fraction of sp³-hybridized carbons (Fsp3) is 0.800. The zero-order valence-corrected chi connectivity index (χ0v) is 18.8. The second kappa shape index (κ2) is 8.07. The van der Waals surface area contributed by atoms with Gasteiger partial charge in [0, 0.05) is 6.54 Å². The Balaban J connectivity index is 2.26. The van der Waals surface area contributed by atoms with Crippen molar-refractivity contribution >= 4 is 18.7 Å². The van der Waals surface area contributed by atoms with Crippen LogP contribution in [0.1, 0.15) is 79.7 Å². The predicted molar refractivity (Wildman–Crippen MR) is 109 cm³/mol. The monoisotopic (exact) mass is 394 g/mol. The molecular formula is C20H35BN2O5. The van der Waals surface area contributed by atoms with Gasteiger partial charge >= 0.3 is 13.2 Å². The first-order valence-corrected chi connectivity index (χ1v) is 10.1. The number of hydrogen-bond donors (Lipinski definition) is 0. The van der Waals surface area contributed by atoms with E-state index < -0.39 is 23.9 Å². The molecule has 7 nitrogen and oxygen atoms in total. The van der Waals surface area contributed by atoms with Gasteiger partial charge in [0.05, 0.1) is 23.2 Å². The van der Waals surface area contributed by atoms with E-state index >= 15 is 0 Å². The molecule has 8 heteroatoms. The molecule has 0 bridgehead atoms. The molecular weight excluding hydrogens is 359 g/mol. The maximum atomic E-state index is 12.7. The van der Waals surface area contributed by atoms with Crippen molar-refractivity contribution < 1.29 is 23.4 Å². The Labute approximate surface area is 169 Å². The first-order chi connectivity index (χ1) is 12.8. The van der Waals surface area contributed by atoms with Crippen molar-refractivity contribution in [3.05, 3.63) is 11.5 Å². The lowest BCUT2D eigenvalue weighted by Crippen LogP contribution is -2.41. The molecule has 0 aliphatic carbocycles. The normalized spacial score (nSPS) is 18.4. The summed E-state index contributed by atoms with van der Waals surface area (Å²) in [4.78, 5) is 14.4. The molecule has 0 saturated carbocycles. The molecule has 0 spiro atoms. The summed E-state index contributed by atoms with van der Waals surface area (Å²) in [6.45, 7) is 18.4. The highest BCUT2D eigenvalue weighted by Gasteiger charge is 2.53. The quantitative estimate of drug-likeness (QED) is 0.683. The SMILES string of the molecule is CCCCN(Cc1noc(C)c1B1OC(C)(C)C(C)(C)O1)C(=O)OC(C)(C)C. The molecule has 0 aromatic carbocycles. The van der Waals surface area contributed by atoms with Gasteiger partial charge in [-0.1, -0.05) is 18.5 Å². The summed E-state index contributed by atoms with van der Waals surface area (Å²) >= 11 is 0. The Morgan fingerprint density at radius 1 is 1.18 bits per heavy atom. The van der Waals surface area contributed by atoms with Gasteiger partial charge in [-0.2, -0.15) is 0 Å². The topological polar surface area (TPSA) is 74.0 Å². The van der Waals surface area contributed by atoms with Gasteiger partial charge in [0.15, 0.2) is 0 Å². The van der Waals surface area contributed by atoms with Crippen molar-refractivity contribution in [2.24, 2.45) is 0 Å². The first kappa shape index (κ1) is 22.8. The van der Waals surface area contributed by atoms with Gasteiger partial charge in [0.25, 0.3) is 0 Å². The highest BCUT2D eigenvalue weighted by atomic mass is 16.7. The summed E-state index contributed by atoms with van der Waals surface area (Å²) in [6.07, 6.45) is 1.49. The van der Waals surface area contributed by atoms with Gasteiger partial charge in [-0.05, 0) is 61.8 Å². The number of unbranched alkanes of at least 4 members (excludes halogenated alkanes) is 1. The van der Waals surface area contributed by atoms with E-state index in [1.807, 2.05) is 55.4 Å². The fourth-order valence-corrected chi connectivity index (χ4v) is 2.89. The molecule has 1 aromatic rings. The highest BCUT2D eigenvalue weighted by Crippen LogP contribution is 2.37. The van der Waals surface area contributed by atoms with Crippen molar-refractivity contribution in [1.82, 2.24) is 10.1 Å². The minimum absolute atomic E-state index is 0.283. The highest BCUT2D eigenvalue weighted by molar-refractivity contribution is 6.63. The van der Waals surface area contributed by atoms with Crippen LogP contribution in [0.5, 0.6) is 0 Å². The van der Waals surface area contributed by atoms with Crippen LogP contribution in [-0.4, -0.2) is 46.6 Å². The molecule has 1 amide bonds. The largest absolute Gasteiger partial charge is 0.500 e. The van der Waals surface area contributed by atoms with Crippen LogP contribution in [0.25, 0.3) is 0 Å². The van der Waals surface area contributed by atoms with E-state index in [0.717, 1.165) is 18.3 Å². The van der Waals surface area contributed by atoms with Crippen molar-refractivity contribution in [1.29, 1.82) is 0 Å². The van der Waals surface area contributed by atoms with E-state index in [9.17, 15) is 4.79 Å². The Kier molecular flexibility index (Phi) is 6.56. The zero-order chi connectivity index (χ0) is 21.3. The van der Waals surface area contributed by atoms with Crippen molar-refractivity contribution in [3.8, 4) is 0 Å².